The Bertz CT molecular complexity index is 1990. The Labute approximate surface area is 262 Å². The molecule has 3 aromatic heterocycles. The smallest absolute Gasteiger partial charge is 0.277 e. The van der Waals surface area contributed by atoms with Crippen molar-refractivity contribution >= 4 is 40.9 Å². The highest BCUT2D eigenvalue weighted by Crippen LogP contribution is 2.42. The van der Waals surface area contributed by atoms with Gasteiger partial charge in [0.05, 0.1) is 22.8 Å². The topological polar surface area (TPSA) is 120 Å². The number of pyridine rings is 1. The minimum Gasteiger partial charge on any atom is -0.481 e. The third kappa shape index (κ3) is 5.47. The molecular formula is C32H28Cl2N6O4. The second kappa shape index (κ2) is 12.2. The molecule has 1 amide bonds. The predicted molar refractivity (Wildman–Crippen MR) is 169 cm³/mol. The van der Waals surface area contributed by atoms with Gasteiger partial charge in [-0.2, -0.15) is 0 Å². The van der Waals surface area contributed by atoms with E-state index in [4.69, 9.17) is 32.9 Å². The molecule has 0 saturated carbocycles. The zero-order valence-electron chi connectivity index (χ0n) is 23.9. The molecule has 5 aromatic rings. The highest BCUT2D eigenvalue weighted by Gasteiger charge is 2.21. The normalized spacial score (nSPS) is 14.6. The third-order valence-electron chi connectivity index (χ3n) is 7.78. The van der Waals surface area contributed by atoms with Crippen LogP contribution in [0.2, 0.25) is 10.0 Å². The molecule has 0 radical (unpaired) electrons. The fourth-order valence-electron chi connectivity index (χ4n) is 5.44. The van der Waals surface area contributed by atoms with E-state index in [1.807, 2.05) is 48.5 Å². The van der Waals surface area contributed by atoms with Crippen LogP contribution in [0.4, 0.5) is 0 Å². The van der Waals surface area contributed by atoms with Crippen molar-refractivity contribution in [3.8, 4) is 39.4 Å². The van der Waals surface area contributed by atoms with Crippen LogP contribution in [-0.2, 0) is 18.4 Å². The summed E-state index contributed by atoms with van der Waals surface area (Å²) in [6.07, 6.45) is 3.59. The number of ether oxygens (including phenoxy) is 1. The SMILES string of the molecule is COc1nc(-c2cccc(-c3cccc(-c4cc5c(=O)n(C)c(C=O)nn5c4)c3Cl)c2Cl)ccc1CNC[C@@H]1CCC(=O)N1. The molecule has 0 bridgehead atoms. The largest absolute Gasteiger partial charge is 0.481 e. The highest BCUT2D eigenvalue weighted by atomic mass is 35.5. The van der Waals surface area contributed by atoms with E-state index in [1.165, 1.54) is 16.1 Å². The molecule has 10 nitrogen and oxygen atoms in total. The van der Waals surface area contributed by atoms with E-state index >= 15 is 0 Å². The average Bonchev–Trinajstić information content (AvgIpc) is 3.65. The molecule has 1 fully saturated rings. The summed E-state index contributed by atoms with van der Waals surface area (Å²) < 4.78 is 8.20. The number of halogens is 2. The zero-order valence-corrected chi connectivity index (χ0v) is 25.4. The van der Waals surface area contributed by atoms with E-state index in [2.05, 4.69) is 15.7 Å². The number of benzene rings is 2. The molecule has 12 heteroatoms. The maximum atomic E-state index is 12.8. The number of methoxy groups -OCH3 is 1. The van der Waals surface area contributed by atoms with Crippen molar-refractivity contribution < 1.29 is 14.3 Å². The number of hydrogen-bond donors (Lipinski definition) is 2. The van der Waals surface area contributed by atoms with Gasteiger partial charge in [0.2, 0.25) is 11.8 Å². The minimum atomic E-state index is -0.344. The number of rotatable bonds is 9. The molecule has 0 unspecified atom stereocenters. The van der Waals surface area contributed by atoms with Crippen LogP contribution in [0.25, 0.3) is 39.0 Å². The van der Waals surface area contributed by atoms with Crippen molar-refractivity contribution in [1.82, 2.24) is 29.8 Å². The zero-order chi connectivity index (χ0) is 31.0. The van der Waals surface area contributed by atoms with E-state index in [-0.39, 0.29) is 23.3 Å². The van der Waals surface area contributed by atoms with Gasteiger partial charge in [0, 0.05) is 72.2 Å². The van der Waals surface area contributed by atoms with E-state index in [9.17, 15) is 14.4 Å². The number of aromatic nitrogens is 4. The maximum absolute atomic E-state index is 12.8. The molecule has 44 heavy (non-hydrogen) atoms. The van der Waals surface area contributed by atoms with Crippen LogP contribution < -0.4 is 20.9 Å². The lowest BCUT2D eigenvalue weighted by atomic mass is 9.97. The molecule has 224 valence electrons. The predicted octanol–water partition coefficient (Wildman–Crippen LogP) is 4.93. The van der Waals surface area contributed by atoms with Crippen LogP contribution in [0.1, 0.15) is 29.0 Å². The maximum Gasteiger partial charge on any atom is 0.277 e. The van der Waals surface area contributed by atoms with Gasteiger partial charge in [0.1, 0.15) is 5.52 Å². The Morgan fingerprint density at radius 2 is 1.75 bits per heavy atom. The van der Waals surface area contributed by atoms with Gasteiger partial charge in [0.15, 0.2) is 12.1 Å². The van der Waals surface area contributed by atoms with Crippen molar-refractivity contribution in [1.29, 1.82) is 0 Å². The van der Waals surface area contributed by atoms with Crippen LogP contribution in [0.15, 0.2) is 65.6 Å². The summed E-state index contributed by atoms with van der Waals surface area (Å²) >= 11 is 14.0. The minimum absolute atomic E-state index is 0.0155. The van der Waals surface area contributed by atoms with Gasteiger partial charge >= 0.3 is 0 Å². The van der Waals surface area contributed by atoms with Gasteiger partial charge < -0.3 is 15.4 Å². The summed E-state index contributed by atoms with van der Waals surface area (Å²) in [4.78, 5) is 40.4. The molecule has 1 aliphatic heterocycles. The van der Waals surface area contributed by atoms with Crippen LogP contribution in [0, 0.1) is 0 Å². The standard InChI is InChI=1S/C32H28Cl2N6O4/c1-39-27(17-41)38-40-16-19(13-26(40)32(39)43)21-5-3-6-22(29(21)33)23-7-4-8-24(30(23)34)25-11-9-18(31(37-25)44-2)14-35-15-20-10-12-28(42)36-20/h3-9,11,13,16-17,20,35H,10,12,14-15H2,1-2H3,(H,36,42)/t20-/m0/s1. The van der Waals surface area contributed by atoms with E-state index in [0.717, 1.165) is 12.0 Å². The number of fused-ring (bicyclic) bond motifs is 1. The number of aldehydes is 1. The van der Waals surface area contributed by atoms with Gasteiger partial charge in [-0.1, -0.05) is 65.7 Å². The van der Waals surface area contributed by atoms with Crippen molar-refractivity contribution in [3.63, 3.8) is 0 Å². The summed E-state index contributed by atoms with van der Waals surface area (Å²) in [6, 6.07) is 16.9. The summed E-state index contributed by atoms with van der Waals surface area (Å²) in [5.41, 5.74) is 4.97. The first-order valence-electron chi connectivity index (χ1n) is 14.0. The van der Waals surface area contributed by atoms with Gasteiger partial charge in [-0.15, -0.1) is 5.10 Å². The van der Waals surface area contributed by atoms with Gasteiger partial charge in [0.25, 0.3) is 5.56 Å². The molecule has 2 aromatic carbocycles. The van der Waals surface area contributed by atoms with Crippen LogP contribution in [0.5, 0.6) is 5.88 Å². The Morgan fingerprint density at radius 3 is 2.43 bits per heavy atom. The Kier molecular flexibility index (Phi) is 8.22. The molecule has 1 atom stereocenters. The molecule has 1 aliphatic rings. The van der Waals surface area contributed by atoms with Crippen LogP contribution in [-0.4, -0.2) is 51.1 Å². The number of carbonyl (C=O) groups excluding carboxylic acids is 2. The lowest BCUT2D eigenvalue weighted by molar-refractivity contribution is -0.119. The number of carbonyl (C=O) groups is 2. The summed E-state index contributed by atoms with van der Waals surface area (Å²) in [5, 5.41) is 11.5. The van der Waals surface area contributed by atoms with E-state index < -0.39 is 0 Å². The Morgan fingerprint density at radius 1 is 1.05 bits per heavy atom. The number of nitrogens with one attached hydrogen (secondary N) is 2. The molecule has 0 aliphatic carbocycles. The van der Waals surface area contributed by atoms with Gasteiger partial charge in [-0.3, -0.25) is 19.0 Å². The van der Waals surface area contributed by atoms with Crippen LogP contribution in [0.3, 0.4) is 0 Å². The van der Waals surface area contributed by atoms with Crippen molar-refractivity contribution in [2.24, 2.45) is 7.05 Å². The number of amides is 1. The third-order valence-corrected chi connectivity index (χ3v) is 8.60. The van der Waals surface area contributed by atoms with E-state index in [0.29, 0.717) is 80.7 Å². The first kappa shape index (κ1) is 29.6. The second-order valence-electron chi connectivity index (χ2n) is 10.5. The molecule has 0 spiro atoms. The quantitative estimate of drug-likeness (QED) is 0.222. The monoisotopic (exact) mass is 630 g/mol. The lowest BCUT2D eigenvalue weighted by Gasteiger charge is -2.15. The molecule has 2 N–H and O–H groups in total. The number of hydrogen-bond acceptors (Lipinski definition) is 7. The lowest BCUT2D eigenvalue weighted by Crippen LogP contribution is -2.35. The van der Waals surface area contributed by atoms with Crippen molar-refractivity contribution in [2.75, 3.05) is 13.7 Å². The van der Waals surface area contributed by atoms with Gasteiger partial charge in [-0.25, -0.2) is 9.50 Å². The summed E-state index contributed by atoms with van der Waals surface area (Å²) in [5.74, 6) is 0.580. The Hall–Kier alpha value is -4.51. The second-order valence-corrected chi connectivity index (χ2v) is 11.3. The van der Waals surface area contributed by atoms with Crippen molar-refractivity contribution in [2.45, 2.75) is 25.4 Å². The molecular weight excluding hydrogens is 603 g/mol. The van der Waals surface area contributed by atoms with E-state index in [1.54, 1.807) is 19.4 Å². The van der Waals surface area contributed by atoms with Gasteiger partial charge in [-0.05, 0) is 18.6 Å². The highest BCUT2D eigenvalue weighted by molar-refractivity contribution is 6.39. The fourth-order valence-corrected chi connectivity index (χ4v) is 6.10. The van der Waals surface area contributed by atoms with Crippen molar-refractivity contribution in [3.05, 3.63) is 92.6 Å². The van der Waals surface area contributed by atoms with Crippen LogP contribution >= 0.6 is 23.2 Å². The summed E-state index contributed by atoms with van der Waals surface area (Å²) in [6.45, 7) is 1.20. The average molecular weight is 632 g/mol. The number of nitrogens with zero attached hydrogens (tertiary/aromatic N) is 4. The molecule has 4 heterocycles. The summed E-state index contributed by atoms with van der Waals surface area (Å²) in [7, 11) is 3.08. The first-order chi connectivity index (χ1) is 21.3. The molecule has 6 rings (SSSR count). The molecule has 1 saturated heterocycles. The Balaban J connectivity index is 1.31. The first-order valence-corrected chi connectivity index (χ1v) is 14.7. The fraction of sp³-hybridized carbons (Fsp3) is 0.219.